The van der Waals surface area contributed by atoms with Gasteiger partial charge in [0.1, 0.15) is 5.75 Å². The number of benzene rings is 1. The van der Waals surface area contributed by atoms with Crippen molar-refractivity contribution in [1.82, 2.24) is 15.5 Å². The molecule has 6 nitrogen and oxygen atoms in total. The van der Waals surface area contributed by atoms with Crippen molar-refractivity contribution in [3.8, 4) is 5.75 Å². The molecule has 1 aromatic carbocycles. The van der Waals surface area contributed by atoms with E-state index in [0.29, 0.717) is 13.2 Å². The molecule has 2 N–H and O–H groups in total. The lowest BCUT2D eigenvalue weighted by atomic mass is 10.1. The van der Waals surface area contributed by atoms with Crippen LogP contribution in [0.15, 0.2) is 12.1 Å². The van der Waals surface area contributed by atoms with E-state index in [-0.39, 0.29) is 30.9 Å². The van der Waals surface area contributed by atoms with Crippen molar-refractivity contribution in [2.75, 3.05) is 33.3 Å². The predicted molar refractivity (Wildman–Crippen MR) is 105 cm³/mol. The molecule has 1 rings (SSSR count). The average molecular weight is 364 g/mol. The van der Waals surface area contributed by atoms with E-state index >= 15 is 0 Å². The van der Waals surface area contributed by atoms with Crippen molar-refractivity contribution in [2.24, 2.45) is 0 Å². The van der Waals surface area contributed by atoms with Crippen LogP contribution >= 0.6 is 0 Å². The van der Waals surface area contributed by atoms with Gasteiger partial charge in [-0.05, 0) is 70.8 Å². The van der Waals surface area contributed by atoms with E-state index in [1.54, 1.807) is 11.9 Å². The van der Waals surface area contributed by atoms with Crippen LogP contribution in [0.5, 0.6) is 5.75 Å². The number of nitrogens with zero attached hydrogens (tertiary/aromatic N) is 1. The summed E-state index contributed by atoms with van der Waals surface area (Å²) in [6.45, 7) is 11.5. The minimum absolute atomic E-state index is 0.0764. The molecule has 0 aromatic heterocycles. The molecule has 2 amide bonds. The highest BCUT2D eigenvalue weighted by molar-refractivity contribution is 5.81. The second kappa shape index (κ2) is 10.8. The van der Waals surface area contributed by atoms with Crippen molar-refractivity contribution < 1.29 is 14.3 Å². The fourth-order valence-corrected chi connectivity index (χ4v) is 2.60. The molecule has 0 heterocycles. The smallest absolute Gasteiger partial charge is 0.234 e. The van der Waals surface area contributed by atoms with Crippen molar-refractivity contribution in [3.63, 3.8) is 0 Å². The zero-order valence-corrected chi connectivity index (χ0v) is 16.9. The maximum Gasteiger partial charge on any atom is 0.234 e. The molecule has 0 unspecified atom stereocenters. The number of amides is 2. The summed E-state index contributed by atoms with van der Waals surface area (Å²) in [5.41, 5.74) is 3.56. The molecule has 0 aliphatic rings. The summed E-state index contributed by atoms with van der Waals surface area (Å²) in [6, 6.07) is 4.28. The van der Waals surface area contributed by atoms with E-state index in [1.807, 2.05) is 19.9 Å². The third-order valence-corrected chi connectivity index (χ3v) is 3.94. The Morgan fingerprint density at radius 1 is 1.12 bits per heavy atom. The highest BCUT2D eigenvalue weighted by Crippen LogP contribution is 2.23. The number of hydrogen-bond donors (Lipinski definition) is 2. The van der Waals surface area contributed by atoms with Crippen molar-refractivity contribution >= 4 is 11.8 Å². The van der Waals surface area contributed by atoms with Crippen molar-refractivity contribution in [2.45, 2.75) is 47.1 Å². The number of likely N-dealkylation sites (N-methyl/N-ethyl adjacent to an activating group) is 1. The van der Waals surface area contributed by atoms with Gasteiger partial charge in [-0.2, -0.15) is 0 Å². The Bertz CT molecular complexity index is 615. The first kappa shape index (κ1) is 22.0. The summed E-state index contributed by atoms with van der Waals surface area (Å²) < 4.78 is 5.84. The first-order valence-corrected chi connectivity index (χ1v) is 9.14. The molecule has 26 heavy (non-hydrogen) atoms. The number of nitrogens with one attached hydrogen (secondary N) is 2. The van der Waals surface area contributed by atoms with Crippen LogP contribution in [0.3, 0.4) is 0 Å². The normalized spacial score (nSPS) is 10.9. The second-order valence-electron chi connectivity index (χ2n) is 7.15. The molecule has 0 atom stereocenters. The summed E-state index contributed by atoms with van der Waals surface area (Å²) in [6.07, 6.45) is 0.732. The largest absolute Gasteiger partial charge is 0.493 e. The Morgan fingerprint density at radius 3 is 2.42 bits per heavy atom. The van der Waals surface area contributed by atoms with Gasteiger partial charge >= 0.3 is 0 Å². The number of hydrogen-bond acceptors (Lipinski definition) is 4. The zero-order chi connectivity index (χ0) is 19.7. The summed E-state index contributed by atoms with van der Waals surface area (Å²) in [4.78, 5) is 25.3. The Hall–Kier alpha value is -2.08. The van der Waals surface area contributed by atoms with Crippen molar-refractivity contribution in [1.29, 1.82) is 0 Å². The van der Waals surface area contributed by atoms with Gasteiger partial charge in [-0.25, -0.2) is 0 Å². The minimum atomic E-state index is -0.0903. The lowest BCUT2D eigenvalue weighted by Gasteiger charge is -2.17. The lowest BCUT2D eigenvalue weighted by molar-refractivity contribution is -0.124. The third-order valence-electron chi connectivity index (χ3n) is 3.94. The van der Waals surface area contributed by atoms with Gasteiger partial charge in [0.15, 0.2) is 0 Å². The third kappa shape index (κ3) is 8.34. The molecular formula is C20H33N3O3. The molecule has 0 aliphatic carbocycles. The number of aryl methyl sites for hydroxylation is 2. The number of carbonyl (C=O) groups excluding carboxylic acids is 2. The molecule has 0 radical (unpaired) electrons. The van der Waals surface area contributed by atoms with Crippen LogP contribution < -0.4 is 15.4 Å². The Morgan fingerprint density at radius 2 is 1.77 bits per heavy atom. The van der Waals surface area contributed by atoms with Gasteiger partial charge in [-0.15, -0.1) is 0 Å². The van der Waals surface area contributed by atoms with Crippen LogP contribution in [0.1, 0.15) is 37.0 Å². The molecule has 0 bridgehead atoms. The minimum Gasteiger partial charge on any atom is -0.493 e. The van der Waals surface area contributed by atoms with Crippen molar-refractivity contribution in [3.05, 3.63) is 28.8 Å². The number of rotatable bonds is 10. The van der Waals surface area contributed by atoms with Crippen LogP contribution in [-0.4, -0.2) is 56.0 Å². The van der Waals surface area contributed by atoms with Gasteiger partial charge in [-0.1, -0.05) is 6.07 Å². The fourth-order valence-electron chi connectivity index (χ4n) is 2.60. The Labute approximate surface area is 157 Å². The number of ether oxygens (including phenoxy) is 1. The van der Waals surface area contributed by atoms with Crippen LogP contribution in [0.4, 0.5) is 0 Å². The van der Waals surface area contributed by atoms with E-state index in [0.717, 1.165) is 17.7 Å². The second-order valence-corrected chi connectivity index (χ2v) is 7.15. The number of carbonyl (C=O) groups is 2. The first-order chi connectivity index (χ1) is 12.2. The van der Waals surface area contributed by atoms with Gasteiger partial charge in [0.05, 0.1) is 19.7 Å². The van der Waals surface area contributed by atoms with Crippen LogP contribution in [0.2, 0.25) is 0 Å². The predicted octanol–water partition coefficient (Wildman–Crippen LogP) is 1.95. The summed E-state index contributed by atoms with van der Waals surface area (Å²) >= 11 is 0. The van der Waals surface area contributed by atoms with Crippen LogP contribution in [0.25, 0.3) is 0 Å². The molecule has 0 aliphatic heterocycles. The van der Waals surface area contributed by atoms with E-state index in [4.69, 9.17) is 4.74 Å². The molecule has 0 fully saturated rings. The SMILES string of the molecule is Cc1cc(C)c(C)c(OCCCNC(=O)CN(C)CC(=O)NC(C)C)c1. The Kier molecular flexibility index (Phi) is 9.13. The maximum absolute atomic E-state index is 11.9. The quantitative estimate of drug-likeness (QED) is 0.624. The lowest BCUT2D eigenvalue weighted by Crippen LogP contribution is -2.42. The molecule has 146 valence electrons. The van der Waals surface area contributed by atoms with Gasteiger partial charge in [0.25, 0.3) is 0 Å². The summed E-state index contributed by atoms with van der Waals surface area (Å²) in [5, 5.41) is 5.66. The van der Waals surface area contributed by atoms with E-state index < -0.39 is 0 Å². The summed E-state index contributed by atoms with van der Waals surface area (Å²) in [5.74, 6) is 0.740. The van der Waals surface area contributed by atoms with Crippen LogP contribution in [-0.2, 0) is 9.59 Å². The first-order valence-electron chi connectivity index (χ1n) is 9.14. The highest BCUT2D eigenvalue weighted by Gasteiger charge is 2.11. The Balaban J connectivity index is 2.23. The average Bonchev–Trinajstić information content (AvgIpc) is 2.50. The monoisotopic (exact) mass is 363 g/mol. The fraction of sp³-hybridized carbons (Fsp3) is 0.600. The van der Waals surface area contributed by atoms with Gasteiger partial charge < -0.3 is 15.4 Å². The molecule has 1 aromatic rings. The van der Waals surface area contributed by atoms with E-state index in [1.165, 1.54) is 11.1 Å². The topological polar surface area (TPSA) is 70.7 Å². The molecule has 6 heteroatoms. The van der Waals surface area contributed by atoms with E-state index in [2.05, 4.69) is 37.5 Å². The molecule has 0 saturated carbocycles. The highest BCUT2D eigenvalue weighted by atomic mass is 16.5. The molecular weight excluding hydrogens is 330 g/mol. The molecule has 0 spiro atoms. The van der Waals surface area contributed by atoms with E-state index in [9.17, 15) is 9.59 Å². The van der Waals surface area contributed by atoms with Crippen LogP contribution in [0, 0.1) is 20.8 Å². The summed E-state index contributed by atoms with van der Waals surface area (Å²) in [7, 11) is 1.76. The van der Waals surface area contributed by atoms with Gasteiger partial charge in [0, 0.05) is 12.6 Å². The maximum atomic E-state index is 11.9. The van der Waals surface area contributed by atoms with Gasteiger partial charge in [-0.3, -0.25) is 14.5 Å². The zero-order valence-electron chi connectivity index (χ0n) is 16.9. The molecule has 0 saturated heterocycles. The standard InChI is InChI=1S/C20H33N3O3/c1-14(2)22-20(25)13-23(6)12-19(24)21-8-7-9-26-18-11-15(3)10-16(4)17(18)5/h10-11,14H,7-9,12-13H2,1-6H3,(H,21,24)(H,22,25). The van der Waals surface area contributed by atoms with Gasteiger partial charge in [0.2, 0.25) is 11.8 Å².